The van der Waals surface area contributed by atoms with Crippen LogP contribution in [0.4, 0.5) is 0 Å². The first kappa shape index (κ1) is 13.3. The van der Waals surface area contributed by atoms with E-state index in [9.17, 15) is 0 Å². The Hall–Kier alpha value is -3.20. The summed E-state index contributed by atoms with van der Waals surface area (Å²) in [6, 6.07) is 23.2. The van der Waals surface area contributed by atoms with Gasteiger partial charge in [0.2, 0.25) is 0 Å². The molecule has 0 radical (unpaired) electrons. The van der Waals surface area contributed by atoms with Gasteiger partial charge in [0.05, 0.1) is 16.6 Å². The molecule has 2 aromatic carbocycles. The summed E-state index contributed by atoms with van der Waals surface area (Å²) in [7, 11) is 0. The lowest BCUT2D eigenvalue weighted by atomic mass is 10.1. The largest absolute Gasteiger partial charge is 0.308 e. The number of benzene rings is 2. The molecule has 0 atom stereocenters. The lowest BCUT2D eigenvalue weighted by molar-refractivity contribution is 1.18. The highest BCUT2D eigenvalue weighted by Crippen LogP contribution is 2.32. The van der Waals surface area contributed by atoms with Crippen molar-refractivity contribution in [2.45, 2.75) is 6.92 Å². The van der Waals surface area contributed by atoms with Crippen molar-refractivity contribution in [1.82, 2.24) is 14.5 Å². The van der Waals surface area contributed by atoms with Gasteiger partial charge in [-0.3, -0.25) is 0 Å². The van der Waals surface area contributed by atoms with Crippen LogP contribution in [0.15, 0.2) is 72.9 Å². The number of hydrogen-bond donors (Lipinski definition) is 0. The molecule has 114 valence electrons. The Labute approximate surface area is 139 Å². The van der Waals surface area contributed by atoms with Crippen LogP contribution in [0.25, 0.3) is 38.7 Å². The molecule has 3 aromatic heterocycles. The Bertz CT molecular complexity index is 1200. The van der Waals surface area contributed by atoms with Crippen molar-refractivity contribution < 1.29 is 0 Å². The summed E-state index contributed by atoms with van der Waals surface area (Å²) in [6.45, 7) is 2.12. The van der Waals surface area contributed by atoms with Gasteiger partial charge in [0.1, 0.15) is 0 Å². The normalized spacial score (nSPS) is 11.5. The molecule has 0 bridgehead atoms. The van der Waals surface area contributed by atoms with Crippen LogP contribution >= 0.6 is 0 Å². The summed E-state index contributed by atoms with van der Waals surface area (Å²) < 4.78 is 2.28. The molecule has 3 heterocycles. The molecule has 3 nitrogen and oxygen atoms in total. The zero-order valence-corrected chi connectivity index (χ0v) is 13.3. The minimum Gasteiger partial charge on any atom is -0.308 e. The average molecular weight is 309 g/mol. The van der Waals surface area contributed by atoms with Gasteiger partial charge in [-0.15, -0.1) is 0 Å². The number of rotatable bonds is 1. The summed E-state index contributed by atoms with van der Waals surface area (Å²) in [5.41, 5.74) is 6.46. The van der Waals surface area contributed by atoms with Gasteiger partial charge in [-0.1, -0.05) is 29.8 Å². The molecular weight excluding hydrogens is 294 g/mol. The van der Waals surface area contributed by atoms with Crippen molar-refractivity contribution in [3.05, 3.63) is 78.5 Å². The molecule has 0 amide bonds. The highest BCUT2D eigenvalue weighted by atomic mass is 15.0. The number of para-hydroxylation sites is 1. The smallest absolute Gasteiger partial charge is 0.159 e. The van der Waals surface area contributed by atoms with Crippen molar-refractivity contribution >= 4 is 33.0 Å². The average Bonchev–Trinajstić information content (AvgIpc) is 2.93. The maximum absolute atomic E-state index is 4.86. The quantitative estimate of drug-likeness (QED) is 0.434. The highest BCUT2D eigenvalue weighted by Gasteiger charge is 2.14. The minimum absolute atomic E-state index is 0.790. The minimum atomic E-state index is 0.790. The number of aryl methyl sites for hydroxylation is 1. The zero-order chi connectivity index (χ0) is 16.1. The third-order valence-electron chi connectivity index (χ3n) is 4.47. The van der Waals surface area contributed by atoms with E-state index in [4.69, 9.17) is 4.98 Å². The van der Waals surface area contributed by atoms with E-state index in [-0.39, 0.29) is 0 Å². The standard InChI is InChI=1S/C21H15N3/c1-14-9-10-18-17(12-14)20-19(24(18)16-7-3-2-4-8-16)13-15-6-5-11-22-21(15)23-20/h2-13H,1H3. The van der Waals surface area contributed by atoms with Crippen LogP contribution < -0.4 is 0 Å². The molecule has 0 aliphatic heterocycles. The van der Waals surface area contributed by atoms with Crippen LogP contribution in [-0.2, 0) is 0 Å². The molecule has 0 saturated heterocycles. The van der Waals surface area contributed by atoms with Crippen molar-refractivity contribution in [3.63, 3.8) is 0 Å². The van der Waals surface area contributed by atoms with E-state index in [2.05, 4.69) is 71.1 Å². The number of pyridine rings is 2. The number of hydrogen-bond acceptors (Lipinski definition) is 2. The third-order valence-corrected chi connectivity index (χ3v) is 4.47. The Balaban J connectivity index is 2.03. The molecule has 0 N–H and O–H groups in total. The van der Waals surface area contributed by atoms with E-state index in [0.717, 1.165) is 27.8 Å². The van der Waals surface area contributed by atoms with E-state index in [1.807, 2.05) is 12.1 Å². The van der Waals surface area contributed by atoms with Gasteiger partial charge in [0.15, 0.2) is 5.65 Å². The third kappa shape index (κ3) is 1.85. The second kappa shape index (κ2) is 4.90. The number of fused-ring (bicyclic) bond motifs is 4. The number of nitrogens with zero attached hydrogens (tertiary/aromatic N) is 3. The lowest BCUT2D eigenvalue weighted by Crippen LogP contribution is -1.93. The molecule has 0 spiro atoms. The van der Waals surface area contributed by atoms with Crippen molar-refractivity contribution in [2.75, 3.05) is 0 Å². The Morgan fingerprint density at radius 3 is 2.58 bits per heavy atom. The van der Waals surface area contributed by atoms with Crippen LogP contribution in [0.3, 0.4) is 0 Å². The Morgan fingerprint density at radius 2 is 1.71 bits per heavy atom. The highest BCUT2D eigenvalue weighted by molar-refractivity contribution is 6.09. The van der Waals surface area contributed by atoms with Gasteiger partial charge in [-0.05, 0) is 49.4 Å². The monoisotopic (exact) mass is 309 g/mol. The predicted octanol–water partition coefficient (Wildman–Crippen LogP) is 5.04. The van der Waals surface area contributed by atoms with Crippen LogP contribution in [-0.4, -0.2) is 14.5 Å². The van der Waals surface area contributed by atoms with Gasteiger partial charge < -0.3 is 4.57 Å². The molecule has 0 fully saturated rings. The summed E-state index contributed by atoms with van der Waals surface area (Å²) in [5, 5.41) is 2.23. The number of aromatic nitrogens is 3. The first-order valence-corrected chi connectivity index (χ1v) is 8.03. The summed E-state index contributed by atoms with van der Waals surface area (Å²) >= 11 is 0. The van der Waals surface area contributed by atoms with Gasteiger partial charge in [0.25, 0.3) is 0 Å². The van der Waals surface area contributed by atoms with E-state index in [1.165, 1.54) is 16.5 Å². The maximum Gasteiger partial charge on any atom is 0.159 e. The van der Waals surface area contributed by atoms with Crippen molar-refractivity contribution in [3.8, 4) is 5.69 Å². The van der Waals surface area contributed by atoms with E-state index >= 15 is 0 Å². The van der Waals surface area contributed by atoms with E-state index in [1.54, 1.807) is 6.20 Å². The fourth-order valence-corrected chi connectivity index (χ4v) is 3.38. The first-order valence-electron chi connectivity index (χ1n) is 8.03. The van der Waals surface area contributed by atoms with Gasteiger partial charge in [-0.2, -0.15) is 0 Å². The summed E-state index contributed by atoms with van der Waals surface area (Å²) in [4.78, 5) is 9.28. The molecule has 0 unspecified atom stereocenters. The molecule has 3 heteroatoms. The van der Waals surface area contributed by atoms with Crippen LogP contribution in [0.2, 0.25) is 0 Å². The molecule has 0 aliphatic carbocycles. The first-order chi connectivity index (χ1) is 11.8. The Morgan fingerprint density at radius 1 is 0.833 bits per heavy atom. The fourth-order valence-electron chi connectivity index (χ4n) is 3.38. The second-order valence-electron chi connectivity index (χ2n) is 6.10. The molecular formula is C21H15N3. The van der Waals surface area contributed by atoms with Gasteiger partial charge in [0, 0.05) is 22.7 Å². The lowest BCUT2D eigenvalue weighted by Gasteiger charge is -2.07. The summed E-state index contributed by atoms with van der Waals surface area (Å²) in [5.74, 6) is 0. The molecule has 0 saturated carbocycles. The van der Waals surface area contributed by atoms with Crippen LogP contribution in [0.5, 0.6) is 0 Å². The molecule has 5 rings (SSSR count). The Kier molecular flexibility index (Phi) is 2.71. The van der Waals surface area contributed by atoms with Crippen LogP contribution in [0.1, 0.15) is 5.56 Å². The predicted molar refractivity (Wildman–Crippen MR) is 98.6 cm³/mol. The van der Waals surface area contributed by atoms with Gasteiger partial charge >= 0.3 is 0 Å². The van der Waals surface area contributed by atoms with E-state index in [0.29, 0.717) is 0 Å². The zero-order valence-electron chi connectivity index (χ0n) is 13.3. The summed E-state index contributed by atoms with van der Waals surface area (Å²) in [6.07, 6.45) is 1.79. The van der Waals surface area contributed by atoms with Crippen molar-refractivity contribution in [2.24, 2.45) is 0 Å². The molecule has 5 aromatic rings. The molecule has 0 aliphatic rings. The maximum atomic E-state index is 4.86. The topological polar surface area (TPSA) is 30.7 Å². The molecule has 24 heavy (non-hydrogen) atoms. The second-order valence-corrected chi connectivity index (χ2v) is 6.10. The van der Waals surface area contributed by atoms with Crippen LogP contribution in [0, 0.1) is 6.92 Å². The van der Waals surface area contributed by atoms with Gasteiger partial charge in [-0.25, -0.2) is 9.97 Å². The van der Waals surface area contributed by atoms with E-state index < -0.39 is 0 Å². The fraction of sp³-hybridized carbons (Fsp3) is 0.0476. The SMILES string of the molecule is Cc1ccc2c(c1)c1nc3ncccc3cc1n2-c1ccccc1. The van der Waals surface area contributed by atoms with Crippen molar-refractivity contribution in [1.29, 1.82) is 0 Å².